The minimum atomic E-state index is 0.842. The van der Waals surface area contributed by atoms with E-state index in [1.54, 1.807) is 11.8 Å². The lowest BCUT2D eigenvalue weighted by atomic mass is 10.1. The Morgan fingerprint density at radius 3 is 2.73 bits per heavy atom. The molecule has 0 amide bonds. The fraction of sp³-hybridized carbons (Fsp3) is 0.182. The summed E-state index contributed by atoms with van der Waals surface area (Å²) in [5.74, 6) is 0.842. The summed E-state index contributed by atoms with van der Waals surface area (Å²) in [6.45, 7) is 0. The fourth-order valence-corrected chi connectivity index (χ4v) is 1.66. The van der Waals surface area contributed by atoms with Gasteiger partial charge in [0, 0.05) is 12.6 Å². The number of rotatable bonds is 2. The van der Waals surface area contributed by atoms with Crippen LogP contribution in [0.15, 0.2) is 34.9 Å². The van der Waals surface area contributed by atoms with E-state index >= 15 is 0 Å². The van der Waals surface area contributed by atoms with E-state index in [9.17, 15) is 0 Å². The molecule has 0 aliphatic rings. The molecular formula is C11H11BrN2O. The summed E-state index contributed by atoms with van der Waals surface area (Å²) < 4.78 is 7.91. The maximum Gasteiger partial charge on any atom is 0.119 e. The highest BCUT2D eigenvalue weighted by Gasteiger charge is 2.05. The first-order valence-corrected chi connectivity index (χ1v) is 5.34. The van der Waals surface area contributed by atoms with Gasteiger partial charge in [-0.2, -0.15) is 5.10 Å². The van der Waals surface area contributed by atoms with E-state index in [2.05, 4.69) is 21.0 Å². The highest BCUT2D eigenvalue weighted by atomic mass is 79.9. The number of ether oxygens (including phenoxy) is 1. The van der Waals surface area contributed by atoms with Crippen LogP contribution in [0.2, 0.25) is 0 Å². The van der Waals surface area contributed by atoms with E-state index in [-0.39, 0.29) is 0 Å². The summed E-state index contributed by atoms with van der Waals surface area (Å²) in [6, 6.07) is 9.83. The first-order valence-electron chi connectivity index (χ1n) is 4.54. The lowest BCUT2D eigenvalue weighted by Crippen LogP contribution is -1.90. The van der Waals surface area contributed by atoms with Crippen molar-refractivity contribution < 1.29 is 4.74 Å². The molecule has 0 fully saturated rings. The van der Waals surface area contributed by atoms with Crippen LogP contribution in [0.5, 0.6) is 5.75 Å². The number of halogens is 1. The van der Waals surface area contributed by atoms with Crippen LogP contribution in [-0.4, -0.2) is 16.9 Å². The van der Waals surface area contributed by atoms with E-state index in [0.717, 1.165) is 21.6 Å². The van der Waals surface area contributed by atoms with Gasteiger partial charge >= 0.3 is 0 Å². The van der Waals surface area contributed by atoms with Crippen LogP contribution in [0.25, 0.3) is 11.3 Å². The van der Waals surface area contributed by atoms with Crippen molar-refractivity contribution in [3.8, 4) is 17.0 Å². The first kappa shape index (κ1) is 10.2. The Labute approximate surface area is 96.8 Å². The molecule has 2 aromatic rings. The maximum atomic E-state index is 5.17. The van der Waals surface area contributed by atoms with Crippen molar-refractivity contribution in [2.45, 2.75) is 0 Å². The molecule has 3 nitrogen and oxygen atoms in total. The van der Waals surface area contributed by atoms with Gasteiger partial charge in [-0.05, 0) is 34.1 Å². The lowest BCUT2D eigenvalue weighted by Gasteiger charge is -2.01. The van der Waals surface area contributed by atoms with Crippen LogP contribution in [0, 0.1) is 0 Å². The minimum absolute atomic E-state index is 0.842. The molecule has 0 radical (unpaired) electrons. The Hall–Kier alpha value is -1.29. The van der Waals surface area contributed by atoms with Gasteiger partial charge in [0.1, 0.15) is 10.4 Å². The van der Waals surface area contributed by atoms with Crippen LogP contribution in [0.1, 0.15) is 0 Å². The Bertz CT molecular complexity index is 460. The van der Waals surface area contributed by atoms with Crippen LogP contribution in [-0.2, 0) is 7.05 Å². The van der Waals surface area contributed by atoms with E-state index in [1.807, 2.05) is 37.4 Å². The summed E-state index contributed by atoms with van der Waals surface area (Å²) >= 11 is 3.42. The van der Waals surface area contributed by atoms with Crippen molar-refractivity contribution >= 4 is 15.9 Å². The molecule has 0 atom stereocenters. The molecule has 1 aromatic heterocycles. The summed E-state index contributed by atoms with van der Waals surface area (Å²) in [7, 11) is 3.56. The van der Waals surface area contributed by atoms with Gasteiger partial charge in [0.05, 0.1) is 12.8 Å². The van der Waals surface area contributed by atoms with Crippen molar-refractivity contribution in [1.82, 2.24) is 9.78 Å². The van der Waals surface area contributed by atoms with Crippen molar-refractivity contribution in [3.05, 3.63) is 34.9 Å². The highest BCUT2D eigenvalue weighted by Crippen LogP contribution is 2.24. The quantitative estimate of drug-likeness (QED) is 0.836. The second kappa shape index (κ2) is 4.06. The third-order valence-electron chi connectivity index (χ3n) is 2.19. The second-order valence-corrected chi connectivity index (χ2v) is 4.02. The van der Waals surface area contributed by atoms with Crippen LogP contribution in [0.3, 0.4) is 0 Å². The molecule has 2 rings (SSSR count). The summed E-state index contributed by atoms with van der Waals surface area (Å²) in [4.78, 5) is 0. The molecule has 78 valence electrons. The average Bonchev–Trinajstić information content (AvgIpc) is 2.59. The molecule has 0 bridgehead atoms. The van der Waals surface area contributed by atoms with Gasteiger partial charge in [-0.25, -0.2) is 0 Å². The van der Waals surface area contributed by atoms with Crippen molar-refractivity contribution in [1.29, 1.82) is 0 Å². The van der Waals surface area contributed by atoms with Gasteiger partial charge in [0.15, 0.2) is 0 Å². The van der Waals surface area contributed by atoms with Crippen LogP contribution in [0.4, 0.5) is 0 Å². The molecule has 0 aliphatic heterocycles. The Balaban J connectivity index is 2.44. The number of hydrogen-bond acceptors (Lipinski definition) is 2. The molecule has 0 saturated heterocycles. The number of benzene rings is 1. The van der Waals surface area contributed by atoms with E-state index in [4.69, 9.17) is 4.74 Å². The monoisotopic (exact) mass is 266 g/mol. The van der Waals surface area contributed by atoms with Crippen molar-refractivity contribution in [2.75, 3.05) is 7.11 Å². The zero-order valence-corrected chi connectivity index (χ0v) is 10.2. The number of aromatic nitrogens is 2. The SMILES string of the molecule is COc1cccc(-c2cc(Br)n(C)n2)c1. The Morgan fingerprint density at radius 1 is 1.33 bits per heavy atom. The zero-order chi connectivity index (χ0) is 10.8. The van der Waals surface area contributed by atoms with E-state index in [1.165, 1.54) is 0 Å². The summed E-state index contributed by atoms with van der Waals surface area (Å²) in [5.41, 5.74) is 1.99. The smallest absolute Gasteiger partial charge is 0.119 e. The normalized spacial score (nSPS) is 10.3. The minimum Gasteiger partial charge on any atom is -0.497 e. The van der Waals surface area contributed by atoms with Gasteiger partial charge in [-0.3, -0.25) is 4.68 Å². The lowest BCUT2D eigenvalue weighted by molar-refractivity contribution is 0.415. The Kier molecular flexibility index (Phi) is 2.77. The predicted molar refractivity (Wildman–Crippen MR) is 62.9 cm³/mol. The van der Waals surface area contributed by atoms with Gasteiger partial charge < -0.3 is 4.74 Å². The van der Waals surface area contributed by atoms with Crippen molar-refractivity contribution in [3.63, 3.8) is 0 Å². The fourth-order valence-electron chi connectivity index (χ4n) is 1.37. The van der Waals surface area contributed by atoms with Gasteiger partial charge in [-0.1, -0.05) is 12.1 Å². The van der Waals surface area contributed by atoms with E-state index in [0.29, 0.717) is 0 Å². The standard InChI is InChI=1S/C11H11BrN2O/c1-14-11(12)7-10(13-14)8-4-3-5-9(6-8)15-2/h3-7H,1-2H3. The number of nitrogens with zero attached hydrogens (tertiary/aromatic N) is 2. The topological polar surface area (TPSA) is 27.1 Å². The van der Waals surface area contributed by atoms with Crippen LogP contribution >= 0.6 is 15.9 Å². The third-order valence-corrected chi connectivity index (χ3v) is 2.93. The summed E-state index contributed by atoms with van der Waals surface area (Å²) in [6.07, 6.45) is 0. The van der Waals surface area contributed by atoms with Gasteiger partial charge in [0.25, 0.3) is 0 Å². The predicted octanol–water partition coefficient (Wildman–Crippen LogP) is 2.86. The largest absolute Gasteiger partial charge is 0.497 e. The molecular weight excluding hydrogens is 256 g/mol. The highest BCUT2D eigenvalue weighted by molar-refractivity contribution is 9.10. The second-order valence-electron chi connectivity index (χ2n) is 3.21. The number of methoxy groups -OCH3 is 1. The van der Waals surface area contributed by atoms with Crippen molar-refractivity contribution in [2.24, 2.45) is 7.05 Å². The van der Waals surface area contributed by atoms with Crippen LogP contribution < -0.4 is 4.74 Å². The molecule has 0 unspecified atom stereocenters. The molecule has 0 saturated carbocycles. The van der Waals surface area contributed by atoms with Gasteiger partial charge in [-0.15, -0.1) is 0 Å². The summed E-state index contributed by atoms with van der Waals surface area (Å²) in [5, 5.41) is 4.37. The zero-order valence-electron chi connectivity index (χ0n) is 8.57. The third kappa shape index (κ3) is 2.04. The first-order chi connectivity index (χ1) is 7.20. The molecule has 0 aliphatic carbocycles. The molecule has 1 aromatic carbocycles. The molecule has 0 N–H and O–H groups in total. The molecule has 4 heteroatoms. The molecule has 1 heterocycles. The number of hydrogen-bond donors (Lipinski definition) is 0. The number of aryl methyl sites for hydroxylation is 1. The van der Waals surface area contributed by atoms with E-state index < -0.39 is 0 Å². The molecule has 0 spiro atoms. The Morgan fingerprint density at radius 2 is 2.13 bits per heavy atom. The molecule has 15 heavy (non-hydrogen) atoms. The van der Waals surface area contributed by atoms with Gasteiger partial charge in [0.2, 0.25) is 0 Å². The maximum absolute atomic E-state index is 5.17. The average molecular weight is 267 g/mol.